The first-order valence-corrected chi connectivity index (χ1v) is 9.43. The quantitative estimate of drug-likeness (QED) is 0.817. The number of nitrogens with one attached hydrogen (secondary N) is 2. The van der Waals surface area contributed by atoms with Crippen molar-refractivity contribution in [2.45, 2.75) is 83.7 Å². The molecule has 1 heterocycles. The second-order valence-corrected chi connectivity index (χ2v) is 7.30. The van der Waals surface area contributed by atoms with Crippen LogP contribution in [0.2, 0.25) is 0 Å². The zero-order valence-electron chi connectivity index (χ0n) is 14.8. The second-order valence-electron chi connectivity index (χ2n) is 7.30. The predicted octanol–water partition coefficient (Wildman–Crippen LogP) is 3.05. The number of carbonyl (C=O) groups excluding carboxylic acids is 2. The molecule has 132 valence electrons. The first-order valence-electron chi connectivity index (χ1n) is 9.43. The van der Waals surface area contributed by atoms with E-state index < -0.39 is 0 Å². The maximum atomic E-state index is 12.3. The van der Waals surface area contributed by atoms with Gasteiger partial charge in [0.15, 0.2) is 0 Å². The summed E-state index contributed by atoms with van der Waals surface area (Å²) in [7, 11) is 0. The van der Waals surface area contributed by atoms with Gasteiger partial charge in [-0.1, -0.05) is 26.2 Å². The Bertz CT molecular complexity index is 386. The zero-order valence-corrected chi connectivity index (χ0v) is 14.8. The van der Waals surface area contributed by atoms with Crippen LogP contribution in [0.4, 0.5) is 4.79 Å². The van der Waals surface area contributed by atoms with E-state index in [1.54, 1.807) is 0 Å². The third-order valence-electron chi connectivity index (χ3n) is 5.33. The smallest absolute Gasteiger partial charge is 0.317 e. The molecular weight excluding hydrogens is 290 g/mol. The van der Waals surface area contributed by atoms with E-state index in [0.29, 0.717) is 18.4 Å². The van der Waals surface area contributed by atoms with E-state index >= 15 is 0 Å². The normalized spacial score (nSPS) is 21.7. The van der Waals surface area contributed by atoms with Crippen molar-refractivity contribution < 1.29 is 9.59 Å². The molecule has 23 heavy (non-hydrogen) atoms. The van der Waals surface area contributed by atoms with E-state index in [4.69, 9.17) is 0 Å². The Morgan fingerprint density at radius 1 is 1.09 bits per heavy atom. The summed E-state index contributed by atoms with van der Waals surface area (Å²) in [5.74, 6) is 0.572. The number of hydrogen-bond acceptors (Lipinski definition) is 2. The Kier molecular flexibility index (Phi) is 7.18. The van der Waals surface area contributed by atoms with E-state index in [-0.39, 0.29) is 18.0 Å². The molecule has 0 spiro atoms. The average molecular weight is 323 g/mol. The molecule has 0 unspecified atom stereocenters. The maximum absolute atomic E-state index is 12.3. The number of hydrogen-bond donors (Lipinski definition) is 2. The van der Waals surface area contributed by atoms with Crippen molar-refractivity contribution in [3.63, 3.8) is 0 Å². The lowest BCUT2D eigenvalue weighted by Crippen LogP contribution is -2.48. The number of likely N-dealkylation sites (tertiary alicyclic amines) is 1. The summed E-state index contributed by atoms with van der Waals surface area (Å²) in [6.45, 7) is 5.67. The summed E-state index contributed by atoms with van der Waals surface area (Å²) >= 11 is 0. The van der Waals surface area contributed by atoms with Crippen molar-refractivity contribution in [1.82, 2.24) is 15.5 Å². The van der Waals surface area contributed by atoms with Gasteiger partial charge in [-0.3, -0.25) is 4.79 Å². The highest BCUT2D eigenvalue weighted by molar-refractivity contribution is 5.77. The lowest BCUT2D eigenvalue weighted by molar-refractivity contribution is -0.122. The molecule has 0 radical (unpaired) electrons. The molecule has 2 N–H and O–H groups in total. The zero-order chi connectivity index (χ0) is 16.7. The van der Waals surface area contributed by atoms with Gasteiger partial charge in [0.2, 0.25) is 5.91 Å². The van der Waals surface area contributed by atoms with E-state index in [1.165, 1.54) is 19.3 Å². The first-order chi connectivity index (χ1) is 11.1. The molecule has 1 aliphatic heterocycles. The minimum Gasteiger partial charge on any atom is -0.354 e. The van der Waals surface area contributed by atoms with Crippen molar-refractivity contribution in [3.8, 4) is 0 Å². The minimum absolute atomic E-state index is 0.0967. The Morgan fingerprint density at radius 3 is 2.35 bits per heavy atom. The number of rotatable bonds is 5. The van der Waals surface area contributed by atoms with E-state index in [0.717, 1.165) is 45.2 Å². The molecule has 5 heteroatoms. The fourth-order valence-electron chi connectivity index (χ4n) is 3.55. The predicted molar refractivity (Wildman–Crippen MR) is 92.2 cm³/mol. The van der Waals surface area contributed by atoms with Crippen LogP contribution in [0.15, 0.2) is 0 Å². The van der Waals surface area contributed by atoms with Gasteiger partial charge in [-0.05, 0) is 44.9 Å². The van der Waals surface area contributed by atoms with Crippen LogP contribution in [0.3, 0.4) is 0 Å². The molecule has 1 atom stereocenters. The van der Waals surface area contributed by atoms with Crippen LogP contribution < -0.4 is 10.6 Å². The molecule has 2 aliphatic rings. The van der Waals surface area contributed by atoms with Gasteiger partial charge in [0.25, 0.3) is 0 Å². The van der Waals surface area contributed by atoms with Crippen molar-refractivity contribution in [2.75, 3.05) is 13.1 Å². The molecule has 2 fully saturated rings. The topological polar surface area (TPSA) is 61.4 Å². The fraction of sp³-hybridized carbons (Fsp3) is 0.889. The SMILES string of the molecule is CC[C@@H](C)NC(=O)CC1CCN(C(=O)NC2CCCCC2)CC1. The standard InChI is InChI=1S/C18H33N3O2/c1-3-14(2)19-17(22)13-15-9-11-21(12-10-15)18(23)20-16-7-5-4-6-8-16/h14-16H,3-13H2,1-2H3,(H,19,22)(H,20,23)/t14-/m1/s1. The molecule has 1 aliphatic carbocycles. The summed E-state index contributed by atoms with van der Waals surface area (Å²) in [6.07, 6.45) is 9.45. The number of amides is 3. The molecule has 3 amide bonds. The van der Waals surface area contributed by atoms with Gasteiger partial charge < -0.3 is 15.5 Å². The third-order valence-corrected chi connectivity index (χ3v) is 5.33. The molecule has 0 aromatic carbocycles. The highest BCUT2D eigenvalue weighted by Gasteiger charge is 2.26. The molecular formula is C18H33N3O2. The number of urea groups is 1. The van der Waals surface area contributed by atoms with Gasteiger partial charge >= 0.3 is 6.03 Å². The van der Waals surface area contributed by atoms with Crippen LogP contribution in [0.1, 0.15) is 71.6 Å². The monoisotopic (exact) mass is 323 g/mol. The van der Waals surface area contributed by atoms with Gasteiger partial charge in [0, 0.05) is 31.6 Å². The summed E-state index contributed by atoms with van der Waals surface area (Å²) in [4.78, 5) is 26.2. The first kappa shape index (κ1) is 18.1. The van der Waals surface area contributed by atoms with Crippen LogP contribution in [-0.2, 0) is 4.79 Å². The third kappa shape index (κ3) is 6.04. The molecule has 2 rings (SSSR count). The Morgan fingerprint density at radius 2 is 1.74 bits per heavy atom. The molecule has 5 nitrogen and oxygen atoms in total. The highest BCUT2D eigenvalue weighted by Crippen LogP contribution is 2.22. The number of piperidine rings is 1. The van der Waals surface area contributed by atoms with Crippen LogP contribution in [0, 0.1) is 5.92 Å². The molecule has 0 aromatic heterocycles. The van der Waals surface area contributed by atoms with Crippen LogP contribution >= 0.6 is 0 Å². The molecule has 1 saturated heterocycles. The summed E-state index contributed by atoms with van der Waals surface area (Å²) < 4.78 is 0. The number of carbonyl (C=O) groups is 2. The van der Waals surface area contributed by atoms with Crippen LogP contribution in [0.25, 0.3) is 0 Å². The van der Waals surface area contributed by atoms with Crippen LogP contribution in [-0.4, -0.2) is 42.0 Å². The highest BCUT2D eigenvalue weighted by atomic mass is 16.2. The lowest BCUT2D eigenvalue weighted by Gasteiger charge is -2.34. The van der Waals surface area contributed by atoms with Gasteiger partial charge in [0.05, 0.1) is 0 Å². The van der Waals surface area contributed by atoms with E-state index in [1.807, 2.05) is 11.8 Å². The Hall–Kier alpha value is -1.26. The second kappa shape index (κ2) is 9.14. The summed E-state index contributed by atoms with van der Waals surface area (Å²) in [5.41, 5.74) is 0. The molecule has 1 saturated carbocycles. The average Bonchev–Trinajstić information content (AvgIpc) is 2.56. The van der Waals surface area contributed by atoms with Gasteiger partial charge in [0.1, 0.15) is 0 Å². The largest absolute Gasteiger partial charge is 0.354 e. The van der Waals surface area contributed by atoms with Crippen molar-refractivity contribution in [2.24, 2.45) is 5.92 Å². The van der Waals surface area contributed by atoms with Crippen molar-refractivity contribution in [1.29, 1.82) is 0 Å². The van der Waals surface area contributed by atoms with Gasteiger partial charge in [-0.25, -0.2) is 4.79 Å². The lowest BCUT2D eigenvalue weighted by atomic mass is 9.93. The summed E-state index contributed by atoms with van der Waals surface area (Å²) in [5, 5.41) is 6.22. The van der Waals surface area contributed by atoms with E-state index in [9.17, 15) is 9.59 Å². The summed E-state index contributed by atoms with van der Waals surface area (Å²) in [6, 6.07) is 0.721. The minimum atomic E-state index is 0.0967. The van der Waals surface area contributed by atoms with Gasteiger partial charge in [-0.2, -0.15) is 0 Å². The Labute approximate surface area is 140 Å². The van der Waals surface area contributed by atoms with Crippen molar-refractivity contribution in [3.05, 3.63) is 0 Å². The van der Waals surface area contributed by atoms with E-state index in [2.05, 4.69) is 17.6 Å². The van der Waals surface area contributed by atoms with Crippen LogP contribution in [0.5, 0.6) is 0 Å². The Balaban J connectivity index is 1.66. The fourth-order valence-corrected chi connectivity index (χ4v) is 3.55. The maximum Gasteiger partial charge on any atom is 0.317 e. The number of nitrogens with zero attached hydrogens (tertiary/aromatic N) is 1. The van der Waals surface area contributed by atoms with Crippen molar-refractivity contribution >= 4 is 11.9 Å². The molecule has 0 aromatic rings. The molecule has 0 bridgehead atoms. The van der Waals surface area contributed by atoms with Gasteiger partial charge in [-0.15, -0.1) is 0 Å².